The maximum atomic E-state index is 12.1. The smallest absolute Gasteiger partial charge is 0.422 e. The fourth-order valence-electron chi connectivity index (χ4n) is 1.71. The van der Waals surface area contributed by atoms with Gasteiger partial charge < -0.3 is 14.8 Å². The van der Waals surface area contributed by atoms with Crippen LogP contribution in [-0.4, -0.2) is 40.1 Å². The lowest BCUT2D eigenvalue weighted by molar-refractivity contribution is -0.153. The van der Waals surface area contributed by atoms with Gasteiger partial charge >= 0.3 is 6.18 Å². The summed E-state index contributed by atoms with van der Waals surface area (Å²) >= 11 is 0. The Kier molecular flexibility index (Phi) is 5.74. The zero-order valence-corrected chi connectivity index (χ0v) is 12.7. The molecule has 2 rings (SSSR count). The van der Waals surface area contributed by atoms with Crippen LogP contribution in [0.5, 0.6) is 5.75 Å². The summed E-state index contributed by atoms with van der Waals surface area (Å²) in [5.41, 5.74) is 0.307. The standard InChI is InChI=1S/C14H15F3N4O3/c1-21-12(18-9-19-21)6-23-7-13(22)20-10-3-2-4-11(5-10)24-8-14(15,16)17/h2-5,9H,6-8H2,1H3,(H,20,22). The van der Waals surface area contributed by atoms with Crippen LogP contribution < -0.4 is 10.1 Å². The summed E-state index contributed by atoms with van der Waals surface area (Å²) in [7, 11) is 1.69. The first-order valence-corrected chi connectivity index (χ1v) is 6.83. The predicted octanol–water partition coefficient (Wildman–Crippen LogP) is 1.91. The van der Waals surface area contributed by atoms with Crippen LogP contribution in [0.15, 0.2) is 30.6 Å². The number of nitrogens with zero attached hydrogens (tertiary/aromatic N) is 3. The molecule has 1 amide bonds. The Labute approximate surface area is 135 Å². The summed E-state index contributed by atoms with van der Waals surface area (Å²) in [6.07, 6.45) is -3.06. The number of alkyl halides is 3. The molecular formula is C14H15F3N4O3. The van der Waals surface area contributed by atoms with E-state index in [-0.39, 0.29) is 19.0 Å². The van der Waals surface area contributed by atoms with Gasteiger partial charge in [0, 0.05) is 18.8 Å². The minimum Gasteiger partial charge on any atom is -0.484 e. The summed E-state index contributed by atoms with van der Waals surface area (Å²) in [5.74, 6) is 0.112. The molecule has 24 heavy (non-hydrogen) atoms. The van der Waals surface area contributed by atoms with Crippen molar-refractivity contribution < 1.29 is 27.4 Å². The average molecular weight is 344 g/mol. The number of ether oxygens (including phenoxy) is 2. The van der Waals surface area contributed by atoms with Crippen molar-refractivity contribution in [1.82, 2.24) is 14.8 Å². The maximum Gasteiger partial charge on any atom is 0.422 e. The molecule has 0 fully saturated rings. The second kappa shape index (κ2) is 7.77. The van der Waals surface area contributed by atoms with E-state index in [1.807, 2.05) is 0 Å². The second-order valence-electron chi connectivity index (χ2n) is 4.77. The number of rotatable bonds is 7. The number of hydrogen-bond acceptors (Lipinski definition) is 5. The van der Waals surface area contributed by atoms with Crippen LogP contribution in [0.2, 0.25) is 0 Å². The van der Waals surface area contributed by atoms with Crippen LogP contribution in [0.25, 0.3) is 0 Å². The van der Waals surface area contributed by atoms with Crippen LogP contribution in [0.4, 0.5) is 18.9 Å². The first-order valence-electron chi connectivity index (χ1n) is 6.83. The number of carbonyl (C=O) groups excluding carboxylic acids is 1. The van der Waals surface area contributed by atoms with Crippen LogP contribution >= 0.6 is 0 Å². The maximum absolute atomic E-state index is 12.1. The van der Waals surface area contributed by atoms with E-state index in [9.17, 15) is 18.0 Å². The first kappa shape index (κ1) is 17.7. The van der Waals surface area contributed by atoms with E-state index in [4.69, 9.17) is 4.74 Å². The lowest BCUT2D eigenvalue weighted by atomic mass is 10.3. The van der Waals surface area contributed by atoms with Crippen LogP contribution in [0.3, 0.4) is 0 Å². The van der Waals surface area contributed by atoms with E-state index in [1.54, 1.807) is 7.05 Å². The van der Waals surface area contributed by atoms with Gasteiger partial charge in [0.25, 0.3) is 0 Å². The Bertz CT molecular complexity index is 688. The van der Waals surface area contributed by atoms with Gasteiger partial charge in [0.05, 0.1) is 0 Å². The normalized spacial score (nSPS) is 11.3. The van der Waals surface area contributed by atoms with Gasteiger partial charge in [0.15, 0.2) is 12.4 Å². The molecule has 1 N–H and O–H groups in total. The molecule has 0 spiro atoms. The molecule has 0 aliphatic rings. The lowest BCUT2D eigenvalue weighted by Crippen LogP contribution is -2.20. The van der Waals surface area contributed by atoms with E-state index >= 15 is 0 Å². The SMILES string of the molecule is Cn1ncnc1COCC(=O)Nc1cccc(OCC(F)(F)F)c1. The van der Waals surface area contributed by atoms with E-state index < -0.39 is 18.7 Å². The summed E-state index contributed by atoms with van der Waals surface area (Å²) in [6, 6.07) is 5.67. The van der Waals surface area contributed by atoms with Gasteiger partial charge in [-0.15, -0.1) is 0 Å². The Hall–Kier alpha value is -2.62. The van der Waals surface area contributed by atoms with Crippen molar-refractivity contribution in [3.8, 4) is 5.75 Å². The van der Waals surface area contributed by atoms with E-state index in [0.29, 0.717) is 11.5 Å². The molecule has 7 nitrogen and oxygen atoms in total. The van der Waals surface area contributed by atoms with Crippen molar-refractivity contribution in [3.05, 3.63) is 36.4 Å². The molecule has 2 aromatic rings. The molecule has 0 aliphatic carbocycles. The highest BCUT2D eigenvalue weighted by Crippen LogP contribution is 2.21. The number of nitrogens with one attached hydrogen (secondary N) is 1. The number of aryl methyl sites for hydroxylation is 1. The molecule has 0 radical (unpaired) electrons. The highest BCUT2D eigenvalue weighted by molar-refractivity contribution is 5.91. The van der Waals surface area contributed by atoms with Crippen LogP contribution in [0.1, 0.15) is 5.82 Å². The predicted molar refractivity (Wildman–Crippen MR) is 77.3 cm³/mol. The average Bonchev–Trinajstić information content (AvgIpc) is 2.90. The van der Waals surface area contributed by atoms with Crippen molar-refractivity contribution in [2.24, 2.45) is 7.05 Å². The molecule has 1 aromatic heterocycles. The number of carbonyl (C=O) groups is 1. The fraction of sp³-hybridized carbons (Fsp3) is 0.357. The highest BCUT2D eigenvalue weighted by Gasteiger charge is 2.28. The van der Waals surface area contributed by atoms with Gasteiger partial charge in [-0.05, 0) is 12.1 Å². The Balaban J connectivity index is 1.80. The number of halogens is 3. The van der Waals surface area contributed by atoms with Crippen molar-refractivity contribution >= 4 is 11.6 Å². The quantitative estimate of drug-likeness (QED) is 0.830. The topological polar surface area (TPSA) is 78.3 Å². The summed E-state index contributed by atoms with van der Waals surface area (Å²) in [4.78, 5) is 15.7. The largest absolute Gasteiger partial charge is 0.484 e. The third-order valence-corrected chi connectivity index (χ3v) is 2.79. The van der Waals surface area contributed by atoms with E-state index in [0.717, 1.165) is 0 Å². The number of anilines is 1. The molecule has 0 saturated carbocycles. The number of amides is 1. The molecular weight excluding hydrogens is 329 g/mol. The van der Waals surface area contributed by atoms with Gasteiger partial charge in [0.2, 0.25) is 5.91 Å². The third kappa shape index (κ3) is 5.88. The van der Waals surface area contributed by atoms with Gasteiger partial charge in [-0.25, -0.2) is 4.98 Å². The zero-order valence-electron chi connectivity index (χ0n) is 12.7. The van der Waals surface area contributed by atoms with Crippen LogP contribution in [0, 0.1) is 0 Å². The number of benzene rings is 1. The number of hydrogen-bond donors (Lipinski definition) is 1. The van der Waals surface area contributed by atoms with Gasteiger partial charge in [0.1, 0.15) is 25.3 Å². The molecule has 0 aliphatic heterocycles. The number of aromatic nitrogens is 3. The van der Waals surface area contributed by atoms with Crippen LogP contribution in [-0.2, 0) is 23.2 Å². The van der Waals surface area contributed by atoms with Crippen molar-refractivity contribution in [1.29, 1.82) is 0 Å². The van der Waals surface area contributed by atoms with Crippen molar-refractivity contribution in [2.45, 2.75) is 12.8 Å². The van der Waals surface area contributed by atoms with Gasteiger partial charge in [-0.2, -0.15) is 18.3 Å². The Morgan fingerprint density at radius 2 is 2.17 bits per heavy atom. The first-order chi connectivity index (χ1) is 11.3. The molecule has 0 atom stereocenters. The molecule has 10 heteroatoms. The van der Waals surface area contributed by atoms with Gasteiger partial charge in [-0.3, -0.25) is 9.48 Å². The Morgan fingerprint density at radius 1 is 1.38 bits per heavy atom. The van der Waals surface area contributed by atoms with E-state index in [2.05, 4.69) is 20.1 Å². The van der Waals surface area contributed by atoms with Crippen molar-refractivity contribution in [2.75, 3.05) is 18.5 Å². The monoisotopic (exact) mass is 344 g/mol. The molecule has 0 unspecified atom stereocenters. The second-order valence-corrected chi connectivity index (χ2v) is 4.77. The zero-order chi connectivity index (χ0) is 17.6. The lowest BCUT2D eigenvalue weighted by Gasteiger charge is -2.11. The molecule has 1 aromatic carbocycles. The molecule has 0 bridgehead atoms. The molecule has 1 heterocycles. The molecule has 130 valence electrons. The fourth-order valence-corrected chi connectivity index (χ4v) is 1.71. The summed E-state index contributed by atoms with van der Waals surface area (Å²) < 4.78 is 47.7. The Morgan fingerprint density at radius 3 is 2.83 bits per heavy atom. The van der Waals surface area contributed by atoms with Crippen molar-refractivity contribution in [3.63, 3.8) is 0 Å². The molecule has 0 saturated heterocycles. The minimum absolute atomic E-state index is 0.00475. The highest BCUT2D eigenvalue weighted by atomic mass is 19.4. The van der Waals surface area contributed by atoms with Gasteiger partial charge in [-0.1, -0.05) is 6.07 Å². The summed E-state index contributed by atoms with van der Waals surface area (Å²) in [6.45, 7) is -1.52. The summed E-state index contributed by atoms with van der Waals surface area (Å²) in [5, 5.41) is 6.36. The third-order valence-electron chi connectivity index (χ3n) is 2.79. The van der Waals surface area contributed by atoms with E-state index in [1.165, 1.54) is 35.3 Å². The minimum atomic E-state index is -4.42.